The molecule has 4 aromatic rings. The Morgan fingerprint density at radius 1 is 1.10 bits per heavy atom. The smallest absolute Gasteiger partial charge is 0.343 e. The van der Waals surface area contributed by atoms with E-state index in [1.165, 1.54) is 35.4 Å². The second kappa shape index (κ2) is 6.89. The molecule has 0 aromatic carbocycles. The topological polar surface area (TPSA) is 114 Å². The summed E-state index contributed by atoms with van der Waals surface area (Å²) in [5.74, 6) is -0.842. The van der Waals surface area contributed by atoms with Gasteiger partial charge in [-0.25, -0.2) is 14.8 Å². The average Bonchev–Trinajstić information content (AvgIpc) is 3.18. The Hall–Kier alpha value is -3.85. The number of nitrogens with zero attached hydrogens (tertiary/aromatic N) is 6. The van der Waals surface area contributed by atoms with Crippen molar-refractivity contribution < 1.29 is 9.90 Å². The van der Waals surface area contributed by atoms with Gasteiger partial charge in [0.05, 0.1) is 28.8 Å². The number of anilines is 1. The van der Waals surface area contributed by atoms with Gasteiger partial charge in [0.15, 0.2) is 11.5 Å². The van der Waals surface area contributed by atoms with Crippen LogP contribution in [-0.4, -0.2) is 35.6 Å². The highest BCUT2D eigenvalue weighted by Gasteiger charge is 2.31. The third-order valence-electron chi connectivity index (χ3n) is 4.93. The molecule has 4 aromatic heterocycles. The fraction of sp³-hybridized carbons (Fsp3) is 0.100. The van der Waals surface area contributed by atoms with E-state index >= 15 is 0 Å². The number of hydrogen-bond donors (Lipinski definition) is 1. The van der Waals surface area contributed by atoms with Crippen LogP contribution in [0.1, 0.15) is 21.6 Å². The van der Waals surface area contributed by atoms with E-state index in [0.29, 0.717) is 18.9 Å². The summed E-state index contributed by atoms with van der Waals surface area (Å²) in [7, 11) is 0. The number of carbonyl (C=O) groups is 1. The van der Waals surface area contributed by atoms with Gasteiger partial charge in [0.1, 0.15) is 11.4 Å². The summed E-state index contributed by atoms with van der Waals surface area (Å²) in [5.41, 5.74) is 0.970. The Morgan fingerprint density at radius 2 is 1.97 bits per heavy atom. The van der Waals surface area contributed by atoms with E-state index in [9.17, 15) is 14.7 Å². The number of carboxylic acid groups (broad SMARTS) is 1. The van der Waals surface area contributed by atoms with E-state index < -0.39 is 11.4 Å². The Labute approximate surface area is 174 Å². The molecule has 1 aliphatic heterocycles. The van der Waals surface area contributed by atoms with Crippen molar-refractivity contribution in [3.8, 4) is 5.82 Å². The molecule has 9 nitrogen and oxygen atoms in total. The van der Waals surface area contributed by atoms with Crippen molar-refractivity contribution in [1.29, 1.82) is 0 Å². The molecule has 148 valence electrons. The maximum absolute atomic E-state index is 13.2. The molecule has 1 aliphatic rings. The van der Waals surface area contributed by atoms with Crippen molar-refractivity contribution in [2.75, 3.05) is 4.90 Å². The molecule has 0 saturated carbocycles. The minimum Gasteiger partial charge on any atom is -0.477 e. The highest BCUT2D eigenvalue weighted by Crippen LogP contribution is 2.33. The van der Waals surface area contributed by atoms with Gasteiger partial charge in [-0.1, -0.05) is 17.7 Å². The molecule has 0 amide bonds. The van der Waals surface area contributed by atoms with E-state index in [-0.39, 0.29) is 27.4 Å². The standard InChI is InChI=1S/C20H13ClN6O3/c21-12-6-13-17(28)16(20(29)30)19(26-9-11-2-1-3-23-14(11)10-26)27(18(13)25-7-12)15-8-22-4-5-24-15/h1-8H,9-10H2,(H,29,30). The first-order chi connectivity index (χ1) is 14.5. The number of halogens is 1. The molecule has 0 aliphatic carbocycles. The highest BCUT2D eigenvalue weighted by molar-refractivity contribution is 6.31. The van der Waals surface area contributed by atoms with Crippen molar-refractivity contribution in [3.63, 3.8) is 0 Å². The third-order valence-corrected chi connectivity index (χ3v) is 5.14. The van der Waals surface area contributed by atoms with Gasteiger partial charge in [-0.2, -0.15) is 0 Å². The second-order valence-corrected chi connectivity index (χ2v) is 7.16. The van der Waals surface area contributed by atoms with Crippen LogP contribution in [0.4, 0.5) is 5.82 Å². The maximum atomic E-state index is 13.2. The average molecular weight is 421 g/mol. The molecule has 0 saturated heterocycles. The highest BCUT2D eigenvalue weighted by atomic mass is 35.5. The summed E-state index contributed by atoms with van der Waals surface area (Å²) in [4.78, 5) is 44.3. The molecule has 0 radical (unpaired) electrons. The number of carboxylic acids is 1. The van der Waals surface area contributed by atoms with Crippen LogP contribution < -0.4 is 10.3 Å². The lowest BCUT2D eigenvalue weighted by molar-refractivity contribution is 0.0695. The zero-order valence-corrected chi connectivity index (χ0v) is 16.1. The minimum absolute atomic E-state index is 0.0872. The molecule has 30 heavy (non-hydrogen) atoms. The molecular weight excluding hydrogens is 408 g/mol. The van der Waals surface area contributed by atoms with Crippen molar-refractivity contribution in [1.82, 2.24) is 24.5 Å². The molecule has 0 atom stereocenters. The van der Waals surface area contributed by atoms with Gasteiger partial charge in [-0.15, -0.1) is 0 Å². The zero-order chi connectivity index (χ0) is 20.8. The monoisotopic (exact) mass is 420 g/mol. The number of fused-ring (bicyclic) bond motifs is 2. The Bertz CT molecular complexity index is 1350. The van der Waals surface area contributed by atoms with Gasteiger partial charge in [0.25, 0.3) is 0 Å². The van der Waals surface area contributed by atoms with Gasteiger partial charge in [0, 0.05) is 31.3 Å². The first-order valence-corrected chi connectivity index (χ1v) is 9.34. The van der Waals surface area contributed by atoms with E-state index in [2.05, 4.69) is 19.9 Å². The van der Waals surface area contributed by atoms with Crippen molar-refractivity contribution >= 4 is 34.4 Å². The van der Waals surface area contributed by atoms with E-state index in [1.54, 1.807) is 11.1 Å². The number of aromatic nitrogens is 5. The van der Waals surface area contributed by atoms with Gasteiger partial charge in [0.2, 0.25) is 5.43 Å². The number of rotatable bonds is 3. The van der Waals surface area contributed by atoms with Crippen LogP contribution in [0.2, 0.25) is 5.02 Å². The first kappa shape index (κ1) is 18.2. The third kappa shape index (κ3) is 2.79. The number of pyridine rings is 3. The van der Waals surface area contributed by atoms with Crippen LogP contribution in [0.25, 0.3) is 16.9 Å². The molecule has 10 heteroatoms. The summed E-state index contributed by atoms with van der Waals surface area (Å²) in [5, 5.41) is 10.3. The van der Waals surface area contributed by atoms with Crippen molar-refractivity contribution in [3.05, 3.63) is 81.3 Å². The molecular formula is C20H13ClN6O3. The summed E-state index contributed by atoms with van der Waals surface area (Å²) < 4.78 is 1.54. The summed E-state index contributed by atoms with van der Waals surface area (Å²) in [6.07, 6.45) is 7.56. The Morgan fingerprint density at radius 3 is 2.70 bits per heavy atom. The summed E-state index contributed by atoms with van der Waals surface area (Å²) in [6, 6.07) is 5.16. The molecule has 1 N–H and O–H groups in total. The van der Waals surface area contributed by atoms with Crippen LogP contribution in [0.5, 0.6) is 0 Å². The lowest BCUT2D eigenvalue weighted by Crippen LogP contribution is -2.29. The molecule has 0 bridgehead atoms. The number of aromatic carboxylic acids is 1. The van der Waals surface area contributed by atoms with Gasteiger partial charge in [-0.05, 0) is 17.7 Å². The Balaban J connectivity index is 1.89. The summed E-state index contributed by atoms with van der Waals surface area (Å²) >= 11 is 6.04. The quantitative estimate of drug-likeness (QED) is 0.537. The van der Waals surface area contributed by atoms with E-state index in [0.717, 1.165) is 11.3 Å². The number of hydrogen-bond acceptors (Lipinski definition) is 7. The van der Waals surface area contributed by atoms with Crippen LogP contribution >= 0.6 is 11.6 Å². The lowest BCUT2D eigenvalue weighted by Gasteiger charge is -2.25. The van der Waals surface area contributed by atoms with Crippen LogP contribution in [0, 0.1) is 0 Å². The molecule has 5 rings (SSSR count). The normalized spacial score (nSPS) is 12.9. The lowest BCUT2D eigenvalue weighted by atomic mass is 10.1. The zero-order valence-electron chi connectivity index (χ0n) is 15.4. The van der Waals surface area contributed by atoms with Crippen molar-refractivity contribution in [2.24, 2.45) is 0 Å². The van der Waals surface area contributed by atoms with Crippen LogP contribution in [-0.2, 0) is 13.1 Å². The largest absolute Gasteiger partial charge is 0.477 e. The maximum Gasteiger partial charge on any atom is 0.343 e. The predicted octanol–water partition coefficient (Wildman–Crippen LogP) is 2.44. The van der Waals surface area contributed by atoms with E-state index in [4.69, 9.17) is 11.6 Å². The van der Waals surface area contributed by atoms with E-state index in [1.807, 2.05) is 12.1 Å². The fourth-order valence-corrected chi connectivity index (χ4v) is 3.85. The van der Waals surface area contributed by atoms with Crippen LogP contribution in [0.15, 0.2) is 54.0 Å². The van der Waals surface area contributed by atoms with Crippen LogP contribution in [0.3, 0.4) is 0 Å². The fourth-order valence-electron chi connectivity index (χ4n) is 3.69. The molecule has 0 fully saturated rings. The first-order valence-electron chi connectivity index (χ1n) is 8.96. The molecule has 0 unspecified atom stereocenters. The SMILES string of the molecule is O=C(O)c1c(N2Cc3cccnc3C2)n(-c2cnccn2)c2ncc(Cl)cc2c1=O. The predicted molar refractivity (Wildman–Crippen MR) is 109 cm³/mol. The second-order valence-electron chi connectivity index (χ2n) is 6.72. The molecule has 5 heterocycles. The van der Waals surface area contributed by atoms with Crippen molar-refractivity contribution in [2.45, 2.75) is 13.1 Å². The van der Waals surface area contributed by atoms with Gasteiger partial charge in [-0.3, -0.25) is 19.3 Å². The van der Waals surface area contributed by atoms with Gasteiger partial charge < -0.3 is 10.0 Å². The Kier molecular flexibility index (Phi) is 4.18. The minimum atomic E-state index is -1.35. The summed E-state index contributed by atoms with van der Waals surface area (Å²) in [6.45, 7) is 0.734. The van der Waals surface area contributed by atoms with Gasteiger partial charge >= 0.3 is 5.97 Å². The molecule has 0 spiro atoms.